The van der Waals surface area contributed by atoms with E-state index >= 15 is 0 Å². The Morgan fingerprint density at radius 1 is 0.949 bits per heavy atom. The van der Waals surface area contributed by atoms with Crippen LogP contribution in [-0.2, 0) is 28.0 Å². The normalized spacial score (nSPS) is 21.3. The zero-order valence-corrected chi connectivity index (χ0v) is 22.5. The molecular weight excluding hydrogens is 494 g/mol. The van der Waals surface area contributed by atoms with Crippen LogP contribution in [0.15, 0.2) is 66.2 Å². The van der Waals surface area contributed by atoms with Crippen LogP contribution >= 0.6 is 0 Å². The van der Waals surface area contributed by atoms with Crippen molar-refractivity contribution in [2.24, 2.45) is 0 Å². The highest BCUT2D eigenvalue weighted by atomic mass is 16.7. The van der Waals surface area contributed by atoms with E-state index in [9.17, 15) is 14.7 Å². The molecule has 0 saturated carbocycles. The lowest BCUT2D eigenvalue weighted by Gasteiger charge is -2.26. The van der Waals surface area contributed by atoms with E-state index in [4.69, 9.17) is 14.2 Å². The van der Waals surface area contributed by atoms with Crippen LogP contribution in [0.25, 0.3) is 5.76 Å². The molecule has 3 heterocycles. The third-order valence-electron chi connectivity index (χ3n) is 7.59. The van der Waals surface area contributed by atoms with Gasteiger partial charge in [0.2, 0.25) is 6.79 Å². The van der Waals surface area contributed by atoms with Crippen molar-refractivity contribution in [3.63, 3.8) is 0 Å². The number of benzene rings is 3. The number of rotatable bonds is 4. The van der Waals surface area contributed by atoms with Gasteiger partial charge in [0.25, 0.3) is 11.7 Å². The van der Waals surface area contributed by atoms with Crippen molar-refractivity contribution >= 4 is 17.4 Å². The van der Waals surface area contributed by atoms with Crippen molar-refractivity contribution < 1.29 is 28.9 Å². The largest absolute Gasteiger partial charge is 0.507 e. The van der Waals surface area contributed by atoms with E-state index in [-0.39, 0.29) is 36.2 Å². The summed E-state index contributed by atoms with van der Waals surface area (Å²) >= 11 is 0. The molecule has 3 aromatic carbocycles. The van der Waals surface area contributed by atoms with Crippen LogP contribution in [0.1, 0.15) is 61.6 Å². The fraction of sp³-hybridized carbons (Fsp3) is 0.312. The lowest BCUT2D eigenvalue weighted by atomic mass is 9.85. The van der Waals surface area contributed by atoms with E-state index in [1.165, 1.54) is 4.90 Å². The topological polar surface area (TPSA) is 85.3 Å². The molecule has 1 fully saturated rings. The summed E-state index contributed by atoms with van der Waals surface area (Å²) in [4.78, 5) is 28.5. The molecular formula is C32H31NO6. The van der Waals surface area contributed by atoms with E-state index in [1.54, 1.807) is 12.1 Å². The van der Waals surface area contributed by atoms with Crippen LogP contribution in [0.5, 0.6) is 17.2 Å². The van der Waals surface area contributed by atoms with Gasteiger partial charge in [-0.2, -0.15) is 0 Å². The average Bonchev–Trinajstić information content (AvgIpc) is 3.59. The van der Waals surface area contributed by atoms with Gasteiger partial charge in [-0.3, -0.25) is 9.59 Å². The first-order valence-corrected chi connectivity index (χ1v) is 13.2. The number of carbonyl (C=O) groups is 2. The zero-order valence-electron chi connectivity index (χ0n) is 22.5. The number of hydrogen-bond donors (Lipinski definition) is 1. The third-order valence-corrected chi connectivity index (χ3v) is 7.59. The van der Waals surface area contributed by atoms with E-state index in [0.717, 1.165) is 28.0 Å². The van der Waals surface area contributed by atoms with E-state index < -0.39 is 17.7 Å². The second-order valence-corrected chi connectivity index (χ2v) is 11.4. The molecule has 1 saturated heterocycles. The molecule has 1 amide bonds. The number of aliphatic hydroxyl groups excluding tert-OH is 1. The first-order chi connectivity index (χ1) is 18.6. The number of fused-ring (bicyclic) bond motifs is 2. The number of ether oxygens (including phenoxy) is 3. The molecule has 0 aliphatic carbocycles. The minimum atomic E-state index is -0.757. The van der Waals surface area contributed by atoms with Gasteiger partial charge in [0.05, 0.1) is 11.6 Å². The number of Topliss-reactive ketones (excluding diaryl/α,β-unsaturated/α-hetero) is 1. The number of likely N-dealkylation sites (tertiary alicyclic amines) is 1. The monoisotopic (exact) mass is 525 g/mol. The van der Waals surface area contributed by atoms with Crippen LogP contribution in [-0.4, -0.2) is 34.6 Å². The summed E-state index contributed by atoms with van der Waals surface area (Å²) in [5, 5.41) is 11.5. The zero-order chi connectivity index (χ0) is 27.5. The first-order valence-electron chi connectivity index (χ1n) is 13.2. The number of carbonyl (C=O) groups excluding carboxylic acids is 2. The van der Waals surface area contributed by atoms with Crippen LogP contribution < -0.4 is 14.2 Å². The predicted octanol–water partition coefficient (Wildman–Crippen LogP) is 5.66. The molecule has 0 radical (unpaired) electrons. The lowest BCUT2D eigenvalue weighted by Crippen LogP contribution is -2.29. The van der Waals surface area contributed by atoms with Crippen molar-refractivity contribution in [1.82, 2.24) is 4.90 Å². The molecule has 39 heavy (non-hydrogen) atoms. The molecule has 2 atom stereocenters. The maximum atomic E-state index is 13.5. The third kappa shape index (κ3) is 4.42. The van der Waals surface area contributed by atoms with Gasteiger partial charge < -0.3 is 24.2 Å². The van der Waals surface area contributed by atoms with Crippen LogP contribution in [0, 0.1) is 0 Å². The summed E-state index contributed by atoms with van der Waals surface area (Å²) in [5.74, 6) is 0.473. The Hall–Kier alpha value is -4.26. The molecule has 3 aromatic rings. The van der Waals surface area contributed by atoms with Gasteiger partial charge in [0.15, 0.2) is 11.5 Å². The smallest absolute Gasteiger partial charge is 0.295 e. The average molecular weight is 526 g/mol. The Morgan fingerprint density at radius 2 is 1.67 bits per heavy atom. The Morgan fingerprint density at radius 3 is 2.41 bits per heavy atom. The van der Waals surface area contributed by atoms with Crippen molar-refractivity contribution in [3.8, 4) is 17.2 Å². The Bertz CT molecular complexity index is 1510. The van der Waals surface area contributed by atoms with Crippen LogP contribution in [0.4, 0.5) is 0 Å². The number of nitrogens with zero attached hydrogens (tertiary/aromatic N) is 1. The van der Waals surface area contributed by atoms with Crippen molar-refractivity contribution in [3.05, 3.63) is 94.1 Å². The molecule has 0 spiro atoms. The first kappa shape index (κ1) is 25.0. The maximum absolute atomic E-state index is 13.5. The molecule has 3 aliphatic heterocycles. The van der Waals surface area contributed by atoms with Gasteiger partial charge in [-0.1, -0.05) is 51.1 Å². The summed E-state index contributed by atoms with van der Waals surface area (Å²) in [6.07, 6.45) is 0.762. The molecule has 200 valence electrons. The quantitative estimate of drug-likeness (QED) is 0.269. The number of amides is 1. The Balaban J connectivity index is 1.45. The summed E-state index contributed by atoms with van der Waals surface area (Å²) in [5.41, 5.74) is 4.15. The highest BCUT2D eigenvalue weighted by Crippen LogP contribution is 2.42. The predicted molar refractivity (Wildman–Crippen MR) is 146 cm³/mol. The van der Waals surface area contributed by atoms with E-state index in [2.05, 4.69) is 20.8 Å². The highest BCUT2D eigenvalue weighted by molar-refractivity contribution is 6.46. The number of hydrogen-bond acceptors (Lipinski definition) is 6. The highest BCUT2D eigenvalue weighted by Gasteiger charge is 2.46. The van der Waals surface area contributed by atoms with Crippen molar-refractivity contribution in [2.45, 2.75) is 58.2 Å². The molecule has 7 nitrogen and oxygen atoms in total. The molecule has 2 unspecified atom stereocenters. The Labute approximate surface area is 227 Å². The molecule has 7 heteroatoms. The lowest BCUT2D eigenvalue weighted by molar-refractivity contribution is -0.140. The fourth-order valence-electron chi connectivity index (χ4n) is 5.52. The van der Waals surface area contributed by atoms with Gasteiger partial charge in [0.1, 0.15) is 17.6 Å². The van der Waals surface area contributed by atoms with Gasteiger partial charge >= 0.3 is 0 Å². The summed E-state index contributed by atoms with van der Waals surface area (Å²) in [7, 11) is 0. The second kappa shape index (κ2) is 9.19. The summed E-state index contributed by atoms with van der Waals surface area (Å²) < 4.78 is 16.7. The van der Waals surface area contributed by atoms with Crippen molar-refractivity contribution in [2.75, 3.05) is 6.79 Å². The van der Waals surface area contributed by atoms with Crippen LogP contribution in [0.2, 0.25) is 0 Å². The number of ketones is 1. The molecule has 6 rings (SSSR count). The maximum Gasteiger partial charge on any atom is 0.295 e. The molecule has 0 aromatic heterocycles. The van der Waals surface area contributed by atoms with Gasteiger partial charge in [0, 0.05) is 18.5 Å². The Kier molecular flexibility index (Phi) is 5.90. The molecule has 3 aliphatic rings. The fourth-order valence-corrected chi connectivity index (χ4v) is 5.52. The van der Waals surface area contributed by atoms with Crippen molar-refractivity contribution in [1.29, 1.82) is 0 Å². The molecule has 0 bridgehead atoms. The second-order valence-electron chi connectivity index (χ2n) is 11.4. The van der Waals surface area contributed by atoms with E-state index in [0.29, 0.717) is 23.5 Å². The van der Waals surface area contributed by atoms with Gasteiger partial charge in [-0.05, 0) is 64.9 Å². The van der Waals surface area contributed by atoms with Gasteiger partial charge in [-0.15, -0.1) is 0 Å². The van der Waals surface area contributed by atoms with E-state index in [1.807, 2.05) is 55.5 Å². The number of aliphatic hydroxyl groups is 1. The van der Waals surface area contributed by atoms with Gasteiger partial charge in [-0.25, -0.2) is 0 Å². The molecule has 1 N–H and O–H groups in total. The standard InChI is InChI=1S/C32H31NO6/c1-18-13-22-15-21(8-12-24(22)39-18)29(34)27-28(20-6-9-23(10-7-20)32(2,3)4)33(31(36)30(27)35)16-19-5-11-25-26(14-19)38-17-37-25/h5-12,14-15,18,28,34H,13,16-17H2,1-4H3/b29-27-. The SMILES string of the molecule is CC1Cc2cc(/C(O)=C3/C(=O)C(=O)N(Cc4ccc5c(c4)OCO5)C3c3ccc(C(C)(C)C)cc3)ccc2O1. The minimum absolute atomic E-state index is 0.0472. The summed E-state index contributed by atoms with van der Waals surface area (Å²) in [6, 6.07) is 18.0. The van der Waals surface area contributed by atoms with Crippen LogP contribution in [0.3, 0.4) is 0 Å². The summed E-state index contributed by atoms with van der Waals surface area (Å²) in [6.45, 7) is 8.69. The minimum Gasteiger partial charge on any atom is -0.507 e.